The minimum atomic E-state index is -1.03. The fourth-order valence-electron chi connectivity index (χ4n) is 2.65. The number of amides is 1. The van der Waals surface area contributed by atoms with Gasteiger partial charge in [0.2, 0.25) is 0 Å². The van der Waals surface area contributed by atoms with Crippen molar-refractivity contribution in [1.82, 2.24) is 4.90 Å². The summed E-state index contributed by atoms with van der Waals surface area (Å²) in [5.74, 6) is -1.38. The molecule has 1 aliphatic rings. The zero-order valence-corrected chi connectivity index (χ0v) is 12.5. The van der Waals surface area contributed by atoms with Crippen molar-refractivity contribution in [2.24, 2.45) is 0 Å². The van der Waals surface area contributed by atoms with E-state index in [1.54, 1.807) is 12.1 Å². The van der Waals surface area contributed by atoms with Crippen molar-refractivity contribution < 1.29 is 19.1 Å². The molecule has 21 heavy (non-hydrogen) atoms. The minimum absolute atomic E-state index is 0.315. The number of hydrogen-bond donors (Lipinski definition) is 1. The zero-order valence-electron chi connectivity index (χ0n) is 11.0. The largest absolute Gasteiger partial charge is 0.479 e. The highest BCUT2D eigenvalue weighted by Crippen LogP contribution is 2.32. The molecule has 0 bridgehead atoms. The number of benzene rings is 1. The van der Waals surface area contributed by atoms with Gasteiger partial charge in [-0.15, -0.1) is 0 Å². The molecule has 5 nitrogen and oxygen atoms in total. The first kappa shape index (κ1) is 13.9. The van der Waals surface area contributed by atoms with Gasteiger partial charge >= 0.3 is 5.97 Å². The number of halogens is 1. The van der Waals surface area contributed by atoms with E-state index in [1.165, 1.54) is 17.2 Å². The van der Waals surface area contributed by atoms with Crippen molar-refractivity contribution >= 4 is 27.8 Å². The van der Waals surface area contributed by atoms with Crippen molar-refractivity contribution in [1.29, 1.82) is 0 Å². The maximum absolute atomic E-state index is 12.6. The standard InChI is InChI=1S/C15H12BrNO4/c16-13-11(6-8-21-13)14(18)17-7-5-9-3-1-2-4-10(9)12(17)15(19)20/h1-4,6,8,12H,5,7H2,(H,19,20). The normalized spacial score (nSPS) is 17.4. The number of carbonyl (C=O) groups is 2. The Morgan fingerprint density at radius 2 is 2.05 bits per heavy atom. The number of aliphatic carboxylic acids is 1. The molecular formula is C15H12BrNO4. The van der Waals surface area contributed by atoms with Gasteiger partial charge in [0.05, 0.1) is 11.8 Å². The van der Waals surface area contributed by atoms with Crippen LogP contribution in [0.3, 0.4) is 0 Å². The summed E-state index contributed by atoms with van der Waals surface area (Å²) < 4.78 is 5.38. The van der Waals surface area contributed by atoms with E-state index in [0.29, 0.717) is 28.8 Å². The molecule has 0 aliphatic carbocycles. The van der Waals surface area contributed by atoms with Crippen molar-refractivity contribution in [3.63, 3.8) is 0 Å². The molecule has 0 saturated carbocycles. The van der Waals surface area contributed by atoms with Gasteiger partial charge < -0.3 is 14.4 Å². The summed E-state index contributed by atoms with van der Waals surface area (Å²) in [6.07, 6.45) is 2.03. The molecule has 1 unspecified atom stereocenters. The lowest BCUT2D eigenvalue weighted by Gasteiger charge is -2.34. The Kier molecular flexibility index (Phi) is 3.55. The van der Waals surface area contributed by atoms with Crippen LogP contribution >= 0.6 is 15.9 Å². The average Bonchev–Trinajstić information content (AvgIpc) is 2.91. The molecule has 3 rings (SSSR count). The molecular weight excluding hydrogens is 338 g/mol. The van der Waals surface area contributed by atoms with Crippen LogP contribution in [0.1, 0.15) is 27.5 Å². The van der Waals surface area contributed by atoms with Crippen LogP contribution < -0.4 is 0 Å². The molecule has 0 saturated heterocycles. The second kappa shape index (κ2) is 5.37. The Morgan fingerprint density at radius 1 is 1.29 bits per heavy atom. The zero-order chi connectivity index (χ0) is 15.0. The molecule has 6 heteroatoms. The molecule has 1 atom stereocenters. The summed E-state index contributed by atoms with van der Waals surface area (Å²) in [6, 6.07) is 7.90. The van der Waals surface area contributed by atoms with E-state index >= 15 is 0 Å². The van der Waals surface area contributed by atoms with Crippen molar-refractivity contribution in [2.75, 3.05) is 6.54 Å². The first-order valence-corrected chi connectivity index (χ1v) is 7.23. The Morgan fingerprint density at radius 3 is 2.71 bits per heavy atom. The quantitative estimate of drug-likeness (QED) is 0.904. The van der Waals surface area contributed by atoms with Gasteiger partial charge in [-0.25, -0.2) is 4.79 Å². The fraction of sp³-hybridized carbons (Fsp3) is 0.200. The van der Waals surface area contributed by atoms with Crippen LogP contribution in [0, 0.1) is 0 Å². The minimum Gasteiger partial charge on any atom is -0.479 e. The van der Waals surface area contributed by atoms with Crippen LogP contribution in [0.15, 0.2) is 45.7 Å². The number of hydrogen-bond acceptors (Lipinski definition) is 3. The number of furan rings is 1. The molecule has 0 radical (unpaired) electrons. The van der Waals surface area contributed by atoms with E-state index in [9.17, 15) is 14.7 Å². The molecule has 0 spiro atoms. The Hall–Kier alpha value is -2.08. The number of carboxylic acids is 1. The molecule has 2 aromatic rings. The highest BCUT2D eigenvalue weighted by molar-refractivity contribution is 9.10. The third kappa shape index (κ3) is 2.35. The summed E-state index contributed by atoms with van der Waals surface area (Å²) in [7, 11) is 0. The van der Waals surface area contributed by atoms with Gasteiger partial charge in [-0.2, -0.15) is 0 Å². The monoisotopic (exact) mass is 349 g/mol. The third-order valence-electron chi connectivity index (χ3n) is 3.63. The number of rotatable bonds is 2. The van der Waals surface area contributed by atoms with Gasteiger partial charge in [0.15, 0.2) is 10.7 Å². The highest BCUT2D eigenvalue weighted by Gasteiger charge is 2.37. The average molecular weight is 350 g/mol. The van der Waals surface area contributed by atoms with Gasteiger partial charge in [-0.3, -0.25) is 4.79 Å². The molecule has 1 N–H and O–H groups in total. The SMILES string of the molecule is O=C(O)C1c2ccccc2CCN1C(=O)c1ccoc1Br. The lowest BCUT2D eigenvalue weighted by atomic mass is 9.92. The summed E-state index contributed by atoms with van der Waals surface area (Å²) in [5.41, 5.74) is 1.98. The highest BCUT2D eigenvalue weighted by atomic mass is 79.9. The molecule has 1 aliphatic heterocycles. The molecule has 108 valence electrons. The lowest BCUT2D eigenvalue weighted by molar-refractivity contribution is -0.143. The predicted octanol–water partition coefficient (Wildman–Crippen LogP) is 2.87. The molecule has 1 aromatic heterocycles. The van der Waals surface area contributed by atoms with E-state index in [1.807, 2.05) is 12.1 Å². The van der Waals surface area contributed by atoms with Gasteiger partial charge in [-0.05, 0) is 39.5 Å². The van der Waals surface area contributed by atoms with Crippen LogP contribution in [0.2, 0.25) is 0 Å². The smallest absolute Gasteiger partial charge is 0.331 e. The molecule has 2 heterocycles. The summed E-state index contributed by atoms with van der Waals surface area (Å²) in [6.45, 7) is 0.366. The predicted molar refractivity (Wildman–Crippen MR) is 78.0 cm³/mol. The third-order valence-corrected chi connectivity index (χ3v) is 4.24. The van der Waals surface area contributed by atoms with E-state index in [0.717, 1.165) is 5.56 Å². The fourth-order valence-corrected chi connectivity index (χ4v) is 3.06. The van der Waals surface area contributed by atoms with Crippen LogP contribution in [-0.4, -0.2) is 28.4 Å². The summed E-state index contributed by atoms with van der Waals surface area (Å²) in [5, 5.41) is 9.54. The Balaban J connectivity index is 2.02. The molecule has 1 amide bonds. The number of carboxylic acid groups (broad SMARTS) is 1. The van der Waals surface area contributed by atoms with E-state index in [2.05, 4.69) is 15.9 Å². The van der Waals surface area contributed by atoms with Crippen molar-refractivity contribution in [2.45, 2.75) is 12.5 Å². The number of fused-ring (bicyclic) bond motifs is 1. The van der Waals surface area contributed by atoms with Gasteiger partial charge in [0.25, 0.3) is 5.91 Å². The topological polar surface area (TPSA) is 70.8 Å². The van der Waals surface area contributed by atoms with Crippen LogP contribution in [0.25, 0.3) is 0 Å². The van der Waals surface area contributed by atoms with Crippen LogP contribution in [-0.2, 0) is 11.2 Å². The van der Waals surface area contributed by atoms with Crippen LogP contribution in [0.5, 0.6) is 0 Å². The second-order valence-electron chi connectivity index (χ2n) is 4.80. The van der Waals surface area contributed by atoms with Crippen LogP contribution in [0.4, 0.5) is 0 Å². The summed E-state index contributed by atoms with van der Waals surface area (Å²) in [4.78, 5) is 25.6. The lowest BCUT2D eigenvalue weighted by Crippen LogP contribution is -2.43. The maximum Gasteiger partial charge on any atom is 0.331 e. The molecule has 1 aromatic carbocycles. The van der Waals surface area contributed by atoms with E-state index < -0.39 is 12.0 Å². The van der Waals surface area contributed by atoms with Crippen molar-refractivity contribution in [3.8, 4) is 0 Å². The summed E-state index contributed by atoms with van der Waals surface area (Å²) >= 11 is 3.16. The number of carbonyl (C=O) groups excluding carboxylic acids is 1. The maximum atomic E-state index is 12.6. The first-order valence-electron chi connectivity index (χ1n) is 6.44. The van der Waals surface area contributed by atoms with Gasteiger partial charge in [-0.1, -0.05) is 24.3 Å². The Bertz CT molecular complexity index is 709. The van der Waals surface area contributed by atoms with Gasteiger partial charge in [0, 0.05) is 6.54 Å². The Labute approximate surface area is 129 Å². The number of nitrogens with zero attached hydrogens (tertiary/aromatic N) is 1. The van der Waals surface area contributed by atoms with E-state index in [4.69, 9.17) is 4.42 Å². The second-order valence-corrected chi connectivity index (χ2v) is 5.52. The first-order chi connectivity index (χ1) is 10.1. The van der Waals surface area contributed by atoms with Gasteiger partial charge in [0.1, 0.15) is 0 Å². The van der Waals surface area contributed by atoms with E-state index in [-0.39, 0.29) is 5.91 Å². The van der Waals surface area contributed by atoms with Crippen molar-refractivity contribution in [3.05, 3.63) is 58.0 Å². The molecule has 0 fully saturated rings.